The molecule has 0 spiro atoms. The molecule has 0 saturated heterocycles. The molecular weight excluding hydrogens is 144 g/mol. The summed E-state index contributed by atoms with van der Waals surface area (Å²) >= 11 is 0. The molecule has 0 saturated carbocycles. The van der Waals surface area contributed by atoms with E-state index in [1.165, 1.54) is 19.3 Å². The third-order valence-electron chi connectivity index (χ3n) is 1.86. The highest BCUT2D eigenvalue weighted by atomic mass is 14.0. The van der Waals surface area contributed by atoms with Gasteiger partial charge < -0.3 is 0 Å². The minimum absolute atomic E-state index is 0.146. The minimum atomic E-state index is -0.911. The zero-order valence-electron chi connectivity index (χ0n) is 13.3. The Labute approximate surface area is 85.8 Å². The van der Waals surface area contributed by atoms with E-state index in [1.54, 1.807) is 0 Å². The van der Waals surface area contributed by atoms with Crippen molar-refractivity contribution in [1.29, 1.82) is 0 Å². The van der Waals surface area contributed by atoms with Gasteiger partial charge in [-0.1, -0.05) is 77.9 Å². The van der Waals surface area contributed by atoms with Gasteiger partial charge in [0.05, 0.1) is 0 Å². The first-order valence-electron chi connectivity index (χ1n) is 8.04. The van der Waals surface area contributed by atoms with Crippen molar-refractivity contribution in [2.24, 2.45) is 0 Å². The third kappa shape index (κ3) is 10.0. The van der Waals surface area contributed by atoms with Gasteiger partial charge in [0.25, 0.3) is 0 Å². The third-order valence-corrected chi connectivity index (χ3v) is 1.86. The lowest BCUT2D eigenvalue weighted by Crippen LogP contribution is -1.80. The highest BCUT2D eigenvalue weighted by molar-refractivity contribution is 4.45. The molecule has 4 atom stereocenters. The fourth-order valence-corrected chi connectivity index (χ4v) is 1.12. The summed E-state index contributed by atoms with van der Waals surface area (Å²) in [6.45, 7) is 2.01. The predicted molar refractivity (Wildman–Crippen MR) is 57.5 cm³/mol. The Balaban J connectivity index is 3.76. The standard InChI is InChI=1S/C12H26/c1-3-5-7-9-11-12-10-8-6-4-2/h3-12H2,1-2H3/i1D,3D,5D,7D,9D. The molecule has 0 aromatic carbocycles. The van der Waals surface area contributed by atoms with Gasteiger partial charge in [0.15, 0.2) is 0 Å². The van der Waals surface area contributed by atoms with E-state index < -0.39 is 25.6 Å². The lowest BCUT2D eigenvalue weighted by molar-refractivity contribution is 0.562. The minimum Gasteiger partial charge on any atom is -0.0654 e. The summed E-state index contributed by atoms with van der Waals surface area (Å²) in [7, 11) is 0. The van der Waals surface area contributed by atoms with E-state index in [0.29, 0.717) is 6.42 Å². The molecule has 0 rings (SSSR count). The molecule has 0 fully saturated rings. The van der Waals surface area contributed by atoms with E-state index in [1.807, 2.05) is 0 Å². The van der Waals surface area contributed by atoms with Crippen molar-refractivity contribution in [2.45, 2.75) is 77.9 Å². The summed E-state index contributed by atoms with van der Waals surface area (Å²) in [4.78, 5) is 0. The first-order chi connectivity index (χ1) is 8.04. The average molecular weight is 175 g/mol. The van der Waals surface area contributed by atoms with Gasteiger partial charge in [-0.2, -0.15) is 0 Å². The zero-order chi connectivity index (χ0) is 13.3. The quantitative estimate of drug-likeness (QED) is 0.436. The van der Waals surface area contributed by atoms with Crippen LogP contribution in [0.4, 0.5) is 0 Å². The molecule has 0 bridgehead atoms. The van der Waals surface area contributed by atoms with Gasteiger partial charge >= 0.3 is 0 Å². The maximum atomic E-state index is 7.81. The molecule has 0 aliphatic heterocycles. The Hall–Kier alpha value is 0. The molecule has 0 heteroatoms. The molecule has 0 aliphatic rings. The van der Waals surface area contributed by atoms with Crippen molar-refractivity contribution < 1.29 is 6.85 Å². The van der Waals surface area contributed by atoms with Crippen LogP contribution in [-0.4, -0.2) is 0 Å². The Morgan fingerprint density at radius 3 is 2.42 bits per heavy atom. The van der Waals surface area contributed by atoms with Crippen LogP contribution in [0, 0.1) is 0 Å². The summed E-state index contributed by atoms with van der Waals surface area (Å²) in [6.07, 6.45) is 3.14. The number of hydrogen-bond donors (Lipinski definition) is 0. The lowest BCUT2D eigenvalue weighted by Gasteiger charge is -1.99. The Bertz CT molecular complexity index is 176. The lowest BCUT2D eigenvalue weighted by atomic mass is 10.1. The summed E-state index contributed by atoms with van der Waals surface area (Å²) in [5.41, 5.74) is 0. The average Bonchev–Trinajstić information content (AvgIpc) is 2.35. The van der Waals surface area contributed by atoms with Crippen LogP contribution in [0.2, 0.25) is 0 Å². The second-order valence-corrected chi connectivity index (χ2v) is 3.06. The Morgan fingerprint density at radius 1 is 0.917 bits per heavy atom. The fourth-order valence-electron chi connectivity index (χ4n) is 1.12. The highest BCUT2D eigenvalue weighted by Gasteiger charge is 1.90. The smallest absolute Gasteiger partial charge is 0.0267 e. The summed E-state index contributed by atoms with van der Waals surface area (Å²) in [5.74, 6) is 0. The molecule has 0 aliphatic carbocycles. The van der Waals surface area contributed by atoms with Crippen LogP contribution < -0.4 is 0 Å². The van der Waals surface area contributed by atoms with Crippen molar-refractivity contribution in [3.8, 4) is 0 Å². The van der Waals surface area contributed by atoms with Crippen LogP contribution in [0.15, 0.2) is 0 Å². The highest BCUT2D eigenvalue weighted by Crippen LogP contribution is 2.09. The van der Waals surface area contributed by atoms with Crippen molar-refractivity contribution in [2.75, 3.05) is 0 Å². The Morgan fingerprint density at radius 2 is 1.67 bits per heavy atom. The molecule has 0 aromatic heterocycles. The molecule has 0 nitrogen and oxygen atoms in total. The van der Waals surface area contributed by atoms with Crippen LogP contribution in [-0.2, 0) is 0 Å². The molecule has 12 heavy (non-hydrogen) atoms. The maximum Gasteiger partial charge on any atom is 0.0267 e. The molecule has 0 N–H and O–H groups in total. The van der Waals surface area contributed by atoms with Gasteiger partial charge in [0.1, 0.15) is 0 Å². The number of rotatable bonds is 9. The summed E-state index contributed by atoms with van der Waals surface area (Å²) in [5, 5.41) is 0. The summed E-state index contributed by atoms with van der Waals surface area (Å²) < 4.78 is 37.7. The van der Waals surface area contributed by atoms with E-state index in [2.05, 4.69) is 6.92 Å². The molecular formula is C12H26. The molecule has 0 heterocycles. The van der Waals surface area contributed by atoms with E-state index >= 15 is 0 Å². The van der Waals surface area contributed by atoms with E-state index in [0.717, 1.165) is 12.8 Å². The van der Waals surface area contributed by atoms with E-state index in [-0.39, 0.29) is 6.90 Å². The zero-order valence-corrected chi connectivity index (χ0v) is 8.26. The van der Waals surface area contributed by atoms with Crippen molar-refractivity contribution in [1.82, 2.24) is 0 Å². The second kappa shape index (κ2) is 11.0. The van der Waals surface area contributed by atoms with Crippen LogP contribution in [0.1, 0.15) is 84.8 Å². The van der Waals surface area contributed by atoms with Crippen molar-refractivity contribution in [3.63, 3.8) is 0 Å². The molecule has 4 unspecified atom stereocenters. The van der Waals surface area contributed by atoms with Gasteiger partial charge in [0.2, 0.25) is 0 Å². The van der Waals surface area contributed by atoms with Crippen LogP contribution in [0.3, 0.4) is 0 Å². The van der Waals surface area contributed by atoms with Crippen molar-refractivity contribution in [3.05, 3.63) is 0 Å². The van der Waals surface area contributed by atoms with Gasteiger partial charge in [-0.15, -0.1) is 0 Å². The topological polar surface area (TPSA) is 0 Å². The van der Waals surface area contributed by atoms with E-state index in [4.69, 9.17) is 6.85 Å². The summed E-state index contributed by atoms with van der Waals surface area (Å²) in [6, 6.07) is 0. The molecule has 0 amide bonds. The first-order valence-corrected chi connectivity index (χ1v) is 5.02. The first kappa shape index (κ1) is 5.67. The second-order valence-electron chi connectivity index (χ2n) is 3.06. The van der Waals surface area contributed by atoms with Gasteiger partial charge in [-0.25, -0.2) is 0 Å². The van der Waals surface area contributed by atoms with Gasteiger partial charge in [-0.05, 0) is 0 Å². The predicted octanol–water partition coefficient (Wildman–Crippen LogP) is 4.93. The molecule has 0 aromatic rings. The van der Waals surface area contributed by atoms with Gasteiger partial charge in [0, 0.05) is 6.85 Å². The largest absolute Gasteiger partial charge is 0.0654 e. The monoisotopic (exact) mass is 175 g/mol. The SMILES string of the molecule is [2H]CC([2H])C([2H])C([2H])C([2H])CCCCCCC. The van der Waals surface area contributed by atoms with E-state index in [9.17, 15) is 0 Å². The number of unbranched alkanes of at least 4 members (excludes halogenated alkanes) is 4. The molecule has 0 radical (unpaired) electrons. The van der Waals surface area contributed by atoms with Crippen LogP contribution in [0.5, 0.6) is 0 Å². The molecule has 74 valence electrons. The number of hydrogen-bond acceptors (Lipinski definition) is 0. The maximum absolute atomic E-state index is 7.81. The van der Waals surface area contributed by atoms with Crippen LogP contribution >= 0.6 is 0 Å². The fraction of sp³-hybridized carbons (Fsp3) is 1.00. The van der Waals surface area contributed by atoms with Gasteiger partial charge in [-0.3, -0.25) is 0 Å². The Kier molecular flexibility index (Phi) is 5.20. The van der Waals surface area contributed by atoms with Crippen LogP contribution in [0.25, 0.3) is 0 Å². The van der Waals surface area contributed by atoms with Crippen molar-refractivity contribution >= 4 is 0 Å². The normalized spacial score (nSPS) is 26.9.